The molecule has 1 saturated carbocycles. The number of anilines is 1. The molecule has 1 aliphatic carbocycles. The number of halogens is 2. The number of para-hydroxylation sites is 2. The summed E-state index contributed by atoms with van der Waals surface area (Å²) < 4.78 is 0. The second-order valence-corrected chi connectivity index (χ2v) is 5.41. The van der Waals surface area contributed by atoms with Gasteiger partial charge in [-0.1, -0.05) is 36.6 Å². The van der Waals surface area contributed by atoms with Crippen LogP contribution in [0.2, 0.25) is 5.15 Å². The average Bonchev–Trinajstić information content (AvgIpc) is 2.42. The van der Waals surface area contributed by atoms with E-state index in [1.807, 2.05) is 24.3 Å². The molecule has 2 unspecified atom stereocenters. The first-order valence-corrected chi connectivity index (χ1v) is 7.06. The minimum Gasteiger partial charge on any atom is -0.363 e. The Morgan fingerprint density at radius 1 is 1.10 bits per heavy atom. The van der Waals surface area contributed by atoms with Crippen LogP contribution >= 0.6 is 24.0 Å². The van der Waals surface area contributed by atoms with Gasteiger partial charge >= 0.3 is 0 Å². The third-order valence-corrected chi connectivity index (χ3v) is 3.93. The summed E-state index contributed by atoms with van der Waals surface area (Å²) in [6, 6.07) is 8.12. The topological polar surface area (TPSA) is 63.8 Å². The lowest BCUT2D eigenvalue weighted by Crippen LogP contribution is -2.42. The summed E-state index contributed by atoms with van der Waals surface area (Å²) in [6.45, 7) is 0. The van der Waals surface area contributed by atoms with E-state index in [9.17, 15) is 0 Å². The Balaban J connectivity index is 0.00000147. The molecule has 0 saturated heterocycles. The first-order valence-electron chi connectivity index (χ1n) is 6.68. The number of hydrogen-bond donors (Lipinski definition) is 2. The highest BCUT2D eigenvalue weighted by Crippen LogP contribution is 2.25. The first kappa shape index (κ1) is 15.3. The van der Waals surface area contributed by atoms with Crippen LogP contribution in [0.1, 0.15) is 25.7 Å². The largest absolute Gasteiger partial charge is 0.363 e. The number of rotatable bonds is 2. The van der Waals surface area contributed by atoms with Gasteiger partial charge in [-0.2, -0.15) is 0 Å². The summed E-state index contributed by atoms with van der Waals surface area (Å²) in [6.07, 6.45) is 4.52. The number of aromatic nitrogens is 2. The van der Waals surface area contributed by atoms with Crippen LogP contribution in [0.3, 0.4) is 0 Å². The third-order valence-electron chi connectivity index (χ3n) is 3.67. The van der Waals surface area contributed by atoms with Crippen LogP contribution in [0, 0.1) is 0 Å². The van der Waals surface area contributed by atoms with Gasteiger partial charge in [0.2, 0.25) is 0 Å². The summed E-state index contributed by atoms with van der Waals surface area (Å²) in [5.74, 6) is 0.641. The molecule has 2 atom stereocenters. The molecular weight excluding hydrogens is 295 g/mol. The Kier molecular flexibility index (Phi) is 5.02. The van der Waals surface area contributed by atoms with E-state index >= 15 is 0 Å². The van der Waals surface area contributed by atoms with Crippen molar-refractivity contribution in [3.8, 4) is 0 Å². The SMILES string of the molecule is Cl.NC1CCCCC1Nc1nc2ccccc2nc1Cl. The van der Waals surface area contributed by atoms with E-state index in [0.29, 0.717) is 11.0 Å². The Hall–Kier alpha value is -1.10. The van der Waals surface area contributed by atoms with Gasteiger partial charge in [0, 0.05) is 12.1 Å². The fourth-order valence-electron chi connectivity index (χ4n) is 2.58. The number of fused-ring (bicyclic) bond motifs is 1. The van der Waals surface area contributed by atoms with Crippen LogP contribution in [0.25, 0.3) is 11.0 Å². The molecule has 2 aromatic rings. The molecule has 6 heteroatoms. The molecule has 20 heavy (non-hydrogen) atoms. The molecule has 1 aromatic carbocycles. The molecule has 1 fully saturated rings. The zero-order chi connectivity index (χ0) is 13.2. The predicted octanol–water partition coefficient (Wildman–Crippen LogP) is 3.39. The van der Waals surface area contributed by atoms with E-state index in [-0.39, 0.29) is 24.5 Å². The molecule has 0 radical (unpaired) electrons. The van der Waals surface area contributed by atoms with E-state index in [1.54, 1.807) is 0 Å². The smallest absolute Gasteiger partial charge is 0.172 e. The average molecular weight is 313 g/mol. The van der Waals surface area contributed by atoms with Crippen LogP contribution in [-0.4, -0.2) is 22.1 Å². The Morgan fingerprint density at radius 2 is 1.75 bits per heavy atom. The summed E-state index contributed by atoms with van der Waals surface area (Å²) in [5, 5.41) is 3.77. The number of nitrogens with one attached hydrogen (secondary N) is 1. The lowest BCUT2D eigenvalue weighted by atomic mass is 9.91. The van der Waals surface area contributed by atoms with Gasteiger partial charge < -0.3 is 11.1 Å². The van der Waals surface area contributed by atoms with Crippen LogP contribution in [0.4, 0.5) is 5.82 Å². The molecule has 0 amide bonds. The zero-order valence-corrected chi connectivity index (χ0v) is 12.6. The zero-order valence-electron chi connectivity index (χ0n) is 11.1. The second kappa shape index (κ2) is 6.57. The van der Waals surface area contributed by atoms with Crippen molar-refractivity contribution in [1.82, 2.24) is 9.97 Å². The van der Waals surface area contributed by atoms with Crippen LogP contribution in [0.15, 0.2) is 24.3 Å². The lowest BCUT2D eigenvalue weighted by molar-refractivity contribution is 0.403. The van der Waals surface area contributed by atoms with E-state index in [2.05, 4.69) is 15.3 Å². The molecule has 4 nitrogen and oxygen atoms in total. The van der Waals surface area contributed by atoms with Crippen molar-refractivity contribution in [3.05, 3.63) is 29.4 Å². The van der Waals surface area contributed by atoms with Gasteiger partial charge in [-0.25, -0.2) is 9.97 Å². The maximum Gasteiger partial charge on any atom is 0.172 e. The van der Waals surface area contributed by atoms with E-state index in [0.717, 1.165) is 23.9 Å². The molecule has 1 aliphatic rings. The molecule has 108 valence electrons. The van der Waals surface area contributed by atoms with Crippen LogP contribution < -0.4 is 11.1 Å². The van der Waals surface area contributed by atoms with Crippen molar-refractivity contribution < 1.29 is 0 Å². The fourth-order valence-corrected chi connectivity index (χ4v) is 2.77. The van der Waals surface area contributed by atoms with Crippen LogP contribution in [-0.2, 0) is 0 Å². The number of benzene rings is 1. The first-order chi connectivity index (χ1) is 9.24. The van der Waals surface area contributed by atoms with Gasteiger partial charge in [-0.3, -0.25) is 0 Å². The van der Waals surface area contributed by atoms with Crippen molar-refractivity contribution in [2.45, 2.75) is 37.8 Å². The van der Waals surface area contributed by atoms with Crippen molar-refractivity contribution in [1.29, 1.82) is 0 Å². The Bertz CT molecular complexity index is 590. The van der Waals surface area contributed by atoms with E-state index in [4.69, 9.17) is 17.3 Å². The number of hydrogen-bond acceptors (Lipinski definition) is 4. The maximum atomic E-state index is 6.19. The quantitative estimate of drug-likeness (QED) is 0.892. The maximum absolute atomic E-state index is 6.19. The van der Waals surface area contributed by atoms with Crippen molar-refractivity contribution in [2.75, 3.05) is 5.32 Å². The Morgan fingerprint density at radius 3 is 2.45 bits per heavy atom. The minimum absolute atomic E-state index is 0. The molecule has 1 heterocycles. The van der Waals surface area contributed by atoms with E-state index in [1.165, 1.54) is 12.8 Å². The number of nitrogens with two attached hydrogens (primary N) is 1. The summed E-state index contributed by atoms with van der Waals surface area (Å²) in [4.78, 5) is 8.91. The highest BCUT2D eigenvalue weighted by atomic mass is 35.5. The molecular formula is C14H18Cl2N4. The van der Waals surface area contributed by atoms with Crippen molar-refractivity contribution in [2.24, 2.45) is 5.73 Å². The standard InChI is InChI=1S/C14H17ClN4.ClH/c15-13-14(18-10-6-2-1-5-9(10)16)19-12-8-4-3-7-11(12)17-13;/h3-4,7-10H,1-2,5-6,16H2,(H,18,19);1H. The van der Waals surface area contributed by atoms with Crippen molar-refractivity contribution >= 4 is 40.9 Å². The molecule has 0 aliphatic heterocycles. The minimum atomic E-state index is 0. The summed E-state index contributed by atoms with van der Waals surface area (Å²) >= 11 is 6.19. The highest BCUT2D eigenvalue weighted by Gasteiger charge is 2.23. The van der Waals surface area contributed by atoms with Gasteiger partial charge in [-0.15, -0.1) is 12.4 Å². The van der Waals surface area contributed by atoms with Crippen molar-refractivity contribution in [3.63, 3.8) is 0 Å². The highest BCUT2D eigenvalue weighted by molar-refractivity contribution is 6.32. The van der Waals surface area contributed by atoms with Gasteiger partial charge in [0.05, 0.1) is 11.0 Å². The van der Waals surface area contributed by atoms with Crippen LogP contribution in [0.5, 0.6) is 0 Å². The molecule has 0 bridgehead atoms. The summed E-state index contributed by atoms with van der Waals surface area (Å²) in [7, 11) is 0. The molecule has 0 spiro atoms. The molecule has 3 N–H and O–H groups in total. The lowest BCUT2D eigenvalue weighted by Gasteiger charge is -2.29. The molecule has 3 rings (SSSR count). The van der Waals surface area contributed by atoms with Gasteiger partial charge in [0.15, 0.2) is 11.0 Å². The third kappa shape index (κ3) is 3.14. The van der Waals surface area contributed by atoms with Gasteiger partial charge in [0.1, 0.15) is 0 Å². The molecule has 1 aromatic heterocycles. The summed E-state index contributed by atoms with van der Waals surface area (Å²) in [5.41, 5.74) is 7.79. The fraction of sp³-hybridized carbons (Fsp3) is 0.429. The van der Waals surface area contributed by atoms with E-state index < -0.39 is 0 Å². The monoisotopic (exact) mass is 312 g/mol. The predicted molar refractivity (Wildman–Crippen MR) is 85.7 cm³/mol. The number of nitrogens with zero attached hydrogens (tertiary/aromatic N) is 2. The Labute approximate surface area is 129 Å². The van der Waals surface area contributed by atoms with Gasteiger partial charge in [-0.05, 0) is 25.0 Å². The van der Waals surface area contributed by atoms with Gasteiger partial charge in [0.25, 0.3) is 0 Å². The normalized spacial score (nSPS) is 22.3. The second-order valence-electron chi connectivity index (χ2n) is 5.05.